The van der Waals surface area contributed by atoms with E-state index in [1.165, 1.54) is 4.68 Å². The lowest BCUT2D eigenvalue weighted by Crippen LogP contribution is -2.29. The van der Waals surface area contributed by atoms with Crippen molar-refractivity contribution in [3.05, 3.63) is 100 Å². The number of amides is 2. The summed E-state index contributed by atoms with van der Waals surface area (Å²) in [6.45, 7) is 4.09. The van der Waals surface area contributed by atoms with E-state index in [0.29, 0.717) is 22.1 Å². The second-order valence-electron chi connectivity index (χ2n) is 8.13. The molecule has 0 aliphatic carbocycles. The Morgan fingerprint density at radius 3 is 2.38 bits per heavy atom. The van der Waals surface area contributed by atoms with Gasteiger partial charge in [0.15, 0.2) is 5.69 Å². The van der Waals surface area contributed by atoms with Gasteiger partial charge in [-0.05, 0) is 42.3 Å². The highest BCUT2D eigenvalue weighted by Crippen LogP contribution is 2.16. The van der Waals surface area contributed by atoms with Crippen LogP contribution in [0.4, 0.5) is 5.69 Å². The number of nitrogens with one attached hydrogen (secondary N) is 2. The van der Waals surface area contributed by atoms with Crippen molar-refractivity contribution in [2.24, 2.45) is 5.92 Å². The van der Waals surface area contributed by atoms with Gasteiger partial charge < -0.3 is 10.6 Å². The molecule has 0 bridgehead atoms. The molecule has 1 atom stereocenters. The van der Waals surface area contributed by atoms with Crippen molar-refractivity contribution in [3.63, 3.8) is 0 Å². The number of carbonyl (C=O) groups excluding carboxylic acids is 2. The van der Waals surface area contributed by atoms with Crippen LogP contribution in [0.1, 0.15) is 36.3 Å². The fourth-order valence-corrected chi connectivity index (χ4v) is 3.58. The highest BCUT2D eigenvalue weighted by atomic mass is 16.2. The lowest BCUT2D eigenvalue weighted by Gasteiger charge is -2.13. The lowest BCUT2D eigenvalue weighted by atomic mass is 10.1. The Hall–Kier alpha value is -4.26. The normalized spacial score (nSPS) is 11.7. The van der Waals surface area contributed by atoms with Gasteiger partial charge >= 0.3 is 0 Å². The van der Waals surface area contributed by atoms with Crippen LogP contribution in [-0.4, -0.2) is 21.6 Å². The molecule has 2 N–H and O–H groups in total. The molecule has 4 rings (SSSR count). The van der Waals surface area contributed by atoms with Crippen molar-refractivity contribution in [1.82, 2.24) is 15.1 Å². The minimum absolute atomic E-state index is 0.0393. The molecular weight excluding hydrogens is 428 g/mol. The first-order valence-corrected chi connectivity index (χ1v) is 11.2. The number of benzene rings is 3. The molecule has 7 nitrogen and oxygen atoms in total. The van der Waals surface area contributed by atoms with Gasteiger partial charge in [0.1, 0.15) is 0 Å². The number of nitrogens with zero attached hydrogens (tertiary/aromatic N) is 2. The van der Waals surface area contributed by atoms with Crippen molar-refractivity contribution in [2.45, 2.75) is 26.8 Å². The van der Waals surface area contributed by atoms with Gasteiger partial charge in [0.25, 0.3) is 11.5 Å². The van der Waals surface area contributed by atoms with E-state index in [2.05, 4.69) is 15.7 Å². The summed E-state index contributed by atoms with van der Waals surface area (Å²) in [5, 5.41) is 11.1. The van der Waals surface area contributed by atoms with Gasteiger partial charge in [0, 0.05) is 23.5 Å². The minimum atomic E-state index is -0.394. The van der Waals surface area contributed by atoms with Gasteiger partial charge in [-0.3, -0.25) is 14.4 Å². The van der Waals surface area contributed by atoms with Crippen molar-refractivity contribution >= 4 is 28.3 Å². The highest BCUT2D eigenvalue weighted by Gasteiger charge is 2.17. The van der Waals surface area contributed by atoms with Gasteiger partial charge in [0.05, 0.1) is 11.1 Å². The number of fused-ring (bicyclic) bond motifs is 1. The molecular formula is C27H26N4O3. The van der Waals surface area contributed by atoms with E-state index in [9.17, 15) is 14.4 Å². The SMILES string of the molecule is CCC(C)C(=O)Nc1cccc(CNC(=O)c2nn(-c3ccccc3)c(=O)c3ccccc23)c1. The van der Waals surface area contributed by atoms with Crippen LogP contribution in [-0.2, 0) is 11.3 Å². The van der Waals surface area contributed by atoms with E-state index in [0.717, 1.165) is 12.0 Å². The lowest BCUT2D eigenvalue weighted by molar-refractivity contribution is -0.119. The molecule has 0 aliphatic heterocycles. The molecule has 1 heterocycles. The van der Waals surface area contributed by atoms with Gasteiger partial charge in [-0.2, -0.15) is 9.78 Å². The van der Waals surface area contributed by atoms with E-state index in [-0.39, 0.29) is 29.6 Å². The number of hydrogen-bond donors (Lipinski definition) is 2. The number of para-hydroxylation sites is 1. The number of anilines is 1. The van der Waals surface area contributed by atoms with Crippen molar-refractivity contribution in [3.8, 4) is 5.69 Å². The van der Waals surface area contributed by atoms with Crippen LogP contribution >= 0.6 is 0 Å². The highest BCUT2D eigenvalue weighted by molar-refractivity contribution is 6.04. The number of hydrogen-bond acceptors (Lipinski definition) is 4. The largest absolute Gasteiger partial charge is 0.347 e. The van der Waals surface area contributed by atoms with E-state index in [4.69, 9.17) is 0 Å². The zero-order valence-electron chi connectivity index (χ0n) is 19.1. The summed E-state index contributed by atoms with van der Waals surface area (Å²) in [7, 11) is 0. The van der Waals surface area contributed by atoms with Crippen LogP contribution < -0.4 is 16.2 Å². The monoisotopic (exact) mass is 454 g/mol. The van der Waals surface area contributed by atoms with Crippen molar-refractivity contribution in [2.75, 3.05) is 5.32 Å². The van der Waals surface area contributed by atoms with E-state index in [1.54, 1.807) is 36.4 Å². The standard InChI is InChI=1S/C27H26N4O3/c1-3-18(2)25(32)29-20-11-9-10-19(16-20)17-28-26(33)24-22-14-7-8-15-23(22)27(34)31(30-24)21-12-5-4-6-13-21/h4-16,18H,3,17H2,1-2H3,(H,28,33)(H,29,32). The Balaban J connectivity index is 1.60. The Bertz CT molecular complexity index is 1400. The first kappa shape index (κ1) is 22.9. The van der Waals surface area contributed by atoms with Crippen LogP contribution in [0.3, 0.4) is 0 Å². The smallest absolute Gasteiger partial charge is 0.279 e. The summed E-state index contributed by atoms with van der Waals surface area (Å²) in [5.41, 5.74) is 1.97. The number of carbonyl (C=O) groups is 2. The molecule has 4 aromatic rings. The zero-order chi connectivity index (χ0) is 24.1. The predicted molar refractivity (Wildman–Crippen MR) is 133 cm³/mol. The topological polar surface area (TPSA) is 93.1 Å². The maximum absolute atomic E-state index is 13.2. The fraction of sp³-hybridized carbons (Fsp3) is 0.185. The molecule has 0 fully saturated rings. The zero-order valence-corrected chi connectivity index (χ0v) is 19.1. The second-order valence-corrected chi connectivity index (χ2v) is 8.13. The molecule has 0 saturated carbocycles. The molecule has 3 aromatic carbocycles. The van der Waals surface area contributed by atoms with Crippen LogP contribution in [0.25, 0.3) is 16.5 Å². The van der Waals surface area contributed by atoms with E-state index in [1.807, 2.05) is 56.3 Å². The van der Waals surface area contributed by atoms with Crippen LogP contribution in [0.2, 0.25) is 0 Å². The molecule has 0 aliphatic rings. The van der Waals surface area contributed by atoms with E-state index < -0.39 is 5.91 Å². The molecule has 0 saturated heterocycles. The Morgan fingerprint density at radius 1 is 0.941 bits per heavy atom. The third-order valence-corrected chi connectivity index (χ3v) is 5.73. The fourth-order valence-electron chi connectivity index (χ4n) is 3.58. The minimum Gasteiger partial charge on any atom is -0.347 e. The maximum Gasteiger partial charge on any atom is 0.279 e. The predicted octanol–water partition coefficient (Wildman–Crippen LogP) is 4.30. The summed E-state index contributed by atoms with van der Waals surface area (Å²) in [4.78, 5) is 38.4. The molecule has 1 unspecified atom stereocenters. The van der Waals surface area contributed by atoms with Crippen LogP contribution in [0, 0.1) is 5.92 Å². The average Bonchev–Trinajstić information content (AvgIpc) is 2.88. The van der Waals surface area contributed by atoms with Gasteiger partial charge in [0.2, 0.25) is 5.91 Å². The Kier molecular flexibility index (Phi) is 6.82. The van der Waals surface area contributed by atoms with Crippen LogP contribution in [0.15, 0.2) is 83.7 Å². The molecule has 2 amide bonds. The van der Waals surface area contributed by atoms with Gasteiger partial charge in [-0.25, -0.2) is 0 Å². The summed E-state index contributed by atoms with van der Waals surface area (Å²) >= 11 is 0. The molecule has 172 valence electrons. The van der Waals surface area contributed by atoms with Crippen LogP contribution in [0.5, 0.6) is 0 Å². The Morgan fingerprint density at radius 2 is 1.65 bits per heavy atom. The van der Waals surface area contributed by atoms with Gasteiger partial charge in [-0.1, -0.05) is 62.4 Å². The molecule has 0 radical (unpaired) electrons. The molecule has 7 heteroatoms. The summed E-state index contributed by atoms with van der Waals surface area (Å²) in [6.07, 6.45) is 0.758. The molecule has 0 spiro atoms. The second kappa shape index (κ2) is 10.1. The summed E-state index contributed by atoms with van der Waals surface area (Å²) in [6, 6.07) is 23.3. The quantitative estimate of drug-likeness (QED) is 0.435. The first-order chi connectivity index (χ1) is 16.5. The Labute approximate surface area is 197 Å². The summed E-state index contributed by atoms with van der Waals surface area (Å²) in [5.74, 6) is -0.513. The summed E-state index contributed by atoms with van der Waals surface area (Å²) < 4.78 is 1.25. The van der Waals surface area contributed by atoms with Gasteiger partial charge in [-0.15, -0.1) is 0 Å². The number of aromatic nitrogens is 2. The third-order valence-electron chi connectivity index (χ3n) is 5.73. The average molecular weight is 455 g/mol. The van der Waals surface area contributed by atoms with Crippen molar-refractivity contribution < 1.29 is 9.59 Å². The van der Waals surface area contributed by atoms with E-state index >= 15 is 0 Å². The molecule has 34 heavy (non-hydrogen) atoms. The maximum atomic E-state index is 13.2. The van der Waals surface area contributed by atoms with Crippen molar-refractivity contribution in [1.29, 1.82) is 0 Å². The number of rotatable bonds is 7. The first-order valence-electron chi connectivity index (χ1n) is 11.2. The molecule has 1 aromatic heterocycles. The third kappa shape index (κ3) is 4.88.